The van der Waals surface area contributed by atoms with E-state index in [1.165, 1.54) is 6.07 Å². The lowest BCUT2D eigenvalue weighted by Crippen LogP contribution is -2.26. The highest BCUT2D eigenvalue weighted by atomic mass is 127. The number of amides is 1. The molecule has 0 saturated carbocycles. The van der Waals surface area contributed by atoms with Gasteiger partial charge >= 0.3 is 0 Å². The molecule has 0 unspecified atom stereocenters. The molecule has 0 aromatic heterocycles. The Labute approximate surface area is 87.4 Å². The van der Waals surface area contributed by atoms with Crippen molar-refractivity contribution in [1.29, 1.82) is 0 Å². The Morgan fingerprint density at radius 3 is 3.08 bits per heavy atom. The fourth-order valence-electron chi connectivity index (χ4n) is 1.12. The second kappa shape index (κ2) is 3.13. The molecular formula is C8H5FINO2. The molecule has 0 fully saturated rings. The number of halogens is 2. The first kappa shape index (κ1) is 8.74. The molecule has 2 rings (SSSR count). The van der Waals surface area contributed by atoms with Crippen LogP contribution in [0.4, 0.5) is 10.1 Å². The van der Waals surface area contributed by atoms with E-state index in [0.717, 1.165) is 3.57 Å². The molecule has 1 aromatic carbocycles. The number of fused-ring (bicyclic) bond motifs is 1. The highest BCUT2D eigenvalue weighted by molar-refractivity contribution is 14.1. The van der Waals surface area contributed by atoms with E-state index >= 15 is 0 Å². The molecule has 3 nitrogen and oxygen atoms in total. The van der Waals surface area contributed by atoms with E-state index < -0.39 is 5.82 Å². The van der Waals surface area contributed by atoms with Crippen molar-refractivity contribution in [2.45, 2.75) is 0 Å². The van der Waals surface area contributed by atoms with Crippen LogP contribution in [0.15, 0.2) is 12.1 Å². The highest BCUT2D eigenvalue weighted by Crippen LogP contribution is 2.32. The molecule has 0 aliphatic carbocycles. The monoisotopic (exact) mass is 293 g/mol. The standard InChI is InChI=1S/C8H5FINO2/c9-5-1-4(10)2-6-8(5)13-3-7(12)11-6/h1-2H,3H2,(H,11,12). The third kappa shape index (κ3) is 1.60. The molecule has 0 radical (unpaired) electrons. The fraction of sp³-hybridized carbons (Fsp3) is 0.125. The Balaban J connectivity index is 2.53. The third-order valence-electron chi connectivity index (χ3n) is 1.63. The van der Waals surface area contributed by atoms with Gasteiger partial charge in [-0.05, 0) is 34.7 Å². The van der Waals surface area contributed by atoms with Gasteiger partial charge in [-0.3, -0.25) is 4.79 Å². The van der Waals surface area contributed by atoms with Crippen molar-refractivity contribution < 1.29 is 13.9 Å². The van der Waals surface area contributed by atoms with E-state index in [2.05, 4.69) is 5.32 Å². The van der Waals surface area contributed by atoms with Crippen molar-refractivity contribution in [1.82, 2.24) is 0 Å². The van der Waals surface area contributed by atoms with Gasteiger partial charge in [-0.25, -0.2) is 4.39 Å². The zero-order valence-electron chi connectivity index (χ0n) is 6.43. The molecule has 1 amide bonds. The van der Waals surface area contributed by atoms with Crippen LogP contribution in [0.5, 0.6) is 5.75 Å². The number of rotatable bonds is 0. The molecular weight excluding hydrogens is 288 g/mol. The Morgan fingerprint density at radius 2 is 2.31 bits per heavy atom. The van der Waals surface area contributed by atoms with E-state index in [0.29, 0.717) is 5.69 Å². The number of anilines is 1. The van der Waals surface area contributed by atoms with Crippen LogP contribution in [0.1, 0.15) is 0 Å². The van der Waals surface area contributed by atoms with Gasteiger partial charge in [0.05, 0.1) is 5.69 Å². The molecule has 1 aliphatic heterocycles. The summed E-state index contributed by atoms with van der Waals surface area (Å²) in [7, 11) is 0. The molecule has 0 saturated heterocycles. The lowest BCUT2D eigenvalue weighted by atomic mass is 10.2. The minimum Gasteiger partial charge on any atom is -0.478 e. The summed E-state index contributed by atoms with van der Waals surface area (Å²) in [5.41, 5.74) is 0.403. The number of hydrogen-bond acceptors (Lipinski definition) is 2. The minimum absolute atomic E-state index is 0.121. The number of carbonyl (C=O) groups excluding carboxylic acids is 1. The zero-order chi connectivity index (χ0) is 9.42. The molecule has 0 bridgehead atoms. The second-order valence-electron chi connectivity index (χ2n) is 2.60. The lowest BCUT2D eigenvalue weighted by Gasteiger charge is -2.18. The topological polar surface area (TPSA) is 38.3 Å². The fourth-order valence-corrected chi connectivity index (χ4v) is 1.71. The predicted octanol–water partition coefficient (Wildman–Crippen LogP) is 1.76. The quantitative estimate of drug-likeness (QED) is 0.740. The first-order valence-electron chi connectivity index (χ1n) is 3.58. The molecule has 13 heavy (non-hydrogen) atoms. The van der Waals surface area contributed by atoms with E-state index in [1.54, 1.807) is 6.07 Å². The average molecular weight is 293 g/mol. The third-order valence-corrected chi connectivity index (χ3v) is 2.25. The number of ether oxygens (including phenoxy) is 1. The molecule has 5 heteroatoms. The van der Waals surface area contributed by atoms with E-state index in [1.807, 2.05) is 22.6 Å². The summed E-state index contributed by atoms with van der Waals surface area (Å²) in [5.74, 6) is -0.573. The number of hydrogen-bond donors (Lipinski definition) is 1. The summed E-state index contributed by atoms with van der Waals surface area (Å²) >= 11 is 1.97. The van der Waals surface area contributed by atoms with Crippen LogP contribution in [0.2, 0.25) is 0 Å². The summed E-state index contributed by atoms with van der Waals surface area (Å²) in [5, 5.41) is 2.53. The van der Waals surface area contributed by atoms with Crippen LogP contribution in [-0.4, -0.2) is 12.5 Å². The zero-order valence-corrected chi connectivity index (χ0v) is 8.59. The van der Waals surface area contributed by atoms with Crippen molar-refractivity contribution in [2.75, 3.05) is 11.9 Å². The maximum atomic E-state index is 13.2. The highest BCUT2D eigenvalue weighted by Gasteiger charge is 2.19. The van der Waals surface area contributed by atoms with Crippen molar-refractivity contribution in [3.8, 4) is 5.75 Å². The Kier molecular flexibility index (Phi) is 2.10. The molecule has 0 atom stereocenters. The van der Waals surface area contributed by atoms with Crippen molar-refractivity contribution in [3.05, 3.63) is 21.5 Å². The molecule has 1 heterocycles. The SMILES string of the molecule is O=C1COc2c(F)cc(I)cc2N1. The average Bonchev–Trinajstić information content (AvgIpc) is 2.02. The van der Waals surface area contributed by atoms with Crippen LogP contribution < -0.4 is 10.1 Å². The van der Waals surface area contributed by atoms with Crippen molar-refractivity contribution in [3.63, 3.8) is 0 Å². The molecule has 1 N–H and O–H groups in total. The number of carbonyl (C=O) groups is 1. The van der Waals surface area contributed by atoms with E-state index in [-0.39, 0.29) is 18.3 Å². The molecule has 1 aromatic rings. The number of nitrogens with one attached hydrogen (secondary N) is 1. The Bertz CT molecular complexity index is 381. The summed E-state index contributed by atoms with van der Waals surface area (Å²) < 4.78 is 18.8. The Hall–Kier alpha value is -0.850. The molecule has 68 valence electrons. The van der Waals surface area contributed by atoms with Crippen LogP contribution in [-0.2, 0) is 4.79 Å². The summed E-state index contributed by atoms with van der Waals surface area (Å²) in [4.78, 5) is 10.9. The largest absolute Gasteiger partial charge is 0.478 e. The summed E-state index contributed by atoms with van der Waals surface area (Å²) in [6.45, 7) is -0.121. The van der Waals surface area contributed by atoms with Gasteiger partial charge in [0.1, 0.15) is 0 Å². The molecule has 1 aliphatic rings. The van der Waals surface area contributed by atoms with Gasteiger partial charge in [0.25, 0.3) is 5.91 Å². The first-order valence-corrected chi connectivity index (χ1v) is 4.66. The summed E-state index contributed by atoms with van der Waals surface area (Å²) in [6.07, 6.45) is 0. The van der Waals surface area contributed by atoms with E-state index in [9.17, 15) is 9.18 Å². The summed E-state index contributed by atoms with van der Waals surface area (Å²) in [6, 6.07) is 3.02. The van der Waals surface area contributed by atoms with Crippen LogP contribution in [0, 0.1) is 9.39 Å². The Morgan fingerprint density at radius 1 is 1.54 bits per heavy atom. The van der Waals surface area contributed by atoms with Crippen LogP contribution >= 0.6 is 22.6 Å². The number of benzene rings is 1. The van der Waals surface area contributed by atoms with Gasteiger partial charge in [-0.2, -0.15) is 0 Å². The maximum Gasteiger partial charge on any atom is 0.262 e. The van der Waals surface area contributed by atoms with Crippen LogP contribution in [0.3, 0.4) is 0 Å². The van der Waals surface area contributed by atoms with Gasteiger partial charge in [0, 0.05) is 3.57 Å². The smallest absolute Gasteiger partial charge is 0.262 e. The minimum atomic E-state index is -0.443. The molecule has 0 spiro atoms. The maximum absolute atomic E-state index is 13.2. The van der Waals surface area contributed by atoms with Gasteiger partial charge in [0.15, 0.2) is 18.2 Å². The van der Waals surface area contributed by atoms with Gasteiger partial charge < -0.3 is 10.1 Å². The lowest BCUT2D eigenvalue weighted by molar-refractivity contribution is -0.118. The first-order chi connectivity index (χ1) is 6.16. The van der Waals surface area contributed by atoms with Crippen molar-refractivity contribution >= 4 is 34.2 Å². The van der Waals surface area contributed by atoms with Gasteiger partial charge in [-0.1, -0.05) is 0 Å². The van der Waals surface area contributed by atoms with Gasteiger partial charge in [0.2, 0.25) is 0 Å². The van der Waals surface area contributed by atoms with Crippen molar-refractivity contribution in [2.24, 2.45) is 0 Å². The normalized spacial score (nSPS) is 14.5. The van der Waals surface area contributed by atoms with Gasteiger partial charge in [-0.15, -0.1) is 0 Å². The van der Waals surface area contributed by atoms with Crippen LogP contribution in [0.25, 0.3) is 0 Å². The predicted molar refractivity (Wildman–Crippen MR) is 53.2 cm³/mol. The van der Waals surface area contributed by atoms with E-state index in [4.69, 9.17) is 4.74 Å². The second-order valence-corrected chi connectivity index (χ2v) is 3.85.